The number of aliphatic hydroxyl groups excluding tert-OH is 1. The van der Waals surface area contributed by atoms with Crippen molar-refractivity contribution in [3.63, 3.8) is 0 Å². The van der Waals surface area contributed by atoms with E-state index in [1.54, 1.807) is 6.08 Å². The van der Waals surface area contributed by atoms with Gasteiger partial charge in [0.15, 0.2) is 0 Å². The van der Waals surface area contributed by atoms with Crippen LogP contribution in [0.2, 0.25) is 0 Å². The molecule has 1 atom stereocenters. The molecule has 0 aliphatic heterocycles. The van der Waals surface area contributed by atoms with E-state index in [1.165, 1.54) is 0 Å². The van der Waals surface area contributed by atoms with Gasteiger partial charge in [-0.25, -0.2) is 0 Å². The molecule has 2 heteroatoms. The second kappa shape index (κ2) is 8.95. The number of Topliss-reactive ketones (excluding diaryl/α,β-unsaturated/α-hetero) is 1. The summed E-state index contributed by atoms with van der Waals surface area (Å²) in [7, 11) is 0. The third-order valence-corrected chi connectivity index (χ3v) is 2.48. The third kappa shape index (κ3) is 6.84. The zero-order chi connectivity index (χ0) is 10.8. The monoisotopic (exact) mass is 198 g/mol. The van der Waals surface area contributed by atoms with Gasteiger partial charge in [0.1, 0.15) is 5.78 Å². The highest BCUT2D eigenvalue weighted by atomic mass is 16.2. The van der Waals surface area contributed by atoms with Gasteiger partial charge in [-0.15, -0.1) is 0 Å². The molecule has 2 nitrogen and oxygen atoms in total. The lowest BCUT2D eigenvalue weighted by Crippen LogP contribution is -2.08. The van der Waals surface area contributed by atoms with Gasteiger partial charge in [-0.3, -0.25) is 4.79 Å². The van der Waals surface area contributed by atoms with Gasteiger partial charge in [0.25, 0.3) is 0 Å². The predicted octanol–water partition coefficient (Wildman–Crippen LogP) is 2.71. The molecule has 0 aromatic carbocycles. The number of ketones is 1. The molecular weight excluding hydrogens is 176 g/mol. The summed E-state index contributed by atoms with van der Waals surface area (Å²) in [5.41, 5.74) is 0. The Balaban J connectivity index is 3.36. The maximum atomic E-state index is 11.4. The van der Waals surface area contributed by atoms with Crippen molar-refractivity contribution < 1.29 is 9.90 Å². The maximum Gasteiger partial charge on any atom is 0.135 e. The lowest BCUT2D eigenvalue weighted by Gasteiger charge is -2.05. The molecule has 0 amide bonds. The van der Waals surface area contributed by atoms with Gasteiger partial charge in [-0.1, -0.05) is 26.0 Å². The van der Waals surface area contributed by atoms with Crippen LogP contribution in [0.15, 0.2) is 12.2 Å². The zero-order valence-corrected chi connectivity index (χ0v) is 9.33. The summed E-state index contributed by atoms with van der Waals surface area (Å²) in [6, 6.07) is 0. The van der Waals surface area contributed by atoms with E-state index in [4.69, 9.17) is 5.11 Å². The molecule has 0 spiro atoms. The van der Waals surface area contributed by atoms with Crippen molar-refractivity contribution in [2.45, 2.75) is 46.0 Å². The number of allylic oxidation sites excluding steroid dienone is 1. The highest BCUT2D eigenvalue weighted by Crippen LogP contribution is 2.09. The quantitative estimate of drug-likeness (QED) is 0.481. The number of carbonyl (C=O) groups excluding carboxylic acids is 1. The van der Waals surface area contributed by atoms with Crippen molar-refractivity contribution in [1.82, 2.24) is 0 Å². The van der Waals surface area contributed by atoms with Gasteiger partial charge >= 0.3 is 0 Å². The topological polar surface area (TPSA) is 37.3 Å². The Labute approximate surface area is 87.0 Å². The van der Waals surface area contributed by atoms with Crippen molar-refractivity contribution in [1.29, 1.82) is 0 Å². The summed E-state index contributed by atoms with van der Waals surface area (Å²) < 4.78 is 0. The van der Waals surface area contributed by atoms with Crippen LogP contribution in [-0.4, -0.2) is 17.5 Å². The van der Waals surface area contributed by atoms with E-state index >= 15 is 0 Å². The van der Waals surface area contributed by atoms with Crippen LogP contribution in [0.4, 0.5) is 0 Å². The summed E-state index contributed by atoms with van der Waals surface area (Å²) in [5, 5.41) is 8.47. The first-order valence-electron chi connectivity index (χ1n) is 5.51. The first-order chi connectivity index (χ1) is 6.72. The van der Waals surface area contributed by atoms with Crippen molar-refractivity contribution in [3.05, 3.63) is 12.2 Å². The molecule has 82 valence electrons. The van der Waals surface area contributed by atoms with E-state index in [-0.39, 0.29) is 12.5 Å². The number of aliphatic hydroxyl groups is 1. The largest absolute Gasteiger partial charge is 0.392 e. The molecule has 0 rings (SSSR count). The lowest BCUT2D eigenvalue weighted by molar-refractivity contribution is -0.122. The van der Waals surface area contributed by atoms with Crippen molar-refractivity contribution in [2.24, 2.45) is 5.92 Å². The van der Waals surface area contributed by atoms with Crippen molar-refractivity contribution in [3.8, 4) is 0 Å². The second-order valence-corrected chi connectivity index (χ2v) is 3.68. The van der Waals surface area contributed by atoms with Gasteiger partial charge in [-0.2, -0.15) is 0 Å². The van der Waals surface area contributed by atoms with Crippen LogP contribution in [-0.2, 0) is 4.79 Å². The first-order valence-corrected chi connectivity index (χ1v) is 5.51. The van der Waals surface area contributed by atoms with E-state index in [2.05, 4.69) is 0 Å². The molecule has 1 N–H and O–H groups in total. The Hall–Kier alpha value is -0.630. The summed E-state index contributed by atoms with van der Waals surface area (Å²) >= 11 is 0. The van der Waals surface area contributed by atoms with E-state index in [1.807, 2.05) is 19.9 Å². The summed E-state index contributed by atoms with van der Waals surface area (Å²) in [5.74, 6) is 0.613. The minimum atomic E-state index is 0.117. The number of hydrogen-bond acceptors (Lipinski definition) is 2. The van der Waals surface area contributed by atoms with Crippen LogP contribution in [0.1, 0.15) is 46.0 Å². The van der Waals surface area contributed by atoms with Crippen LogP contribution in [0.5, 0.6) is 0 Å². The Morgan fingerprint density at radius 3 is 2.64 bits per heavy atom. The van der Waals surface area contributed by atoms with Gasteiger partial charge < -0.3 is 5.11 Å². The Bertz CT molecular complexity index is 173. The van der Waals surface area contributed by atoms with Crippen LogP contribution in [0, 0.1) is 5.92 Å². The lowest BCUT2D eigenvalue weighted by atomic mass is 9.99. The molecule has 0 saturated heterocycles. The first kappa shape index (κ1) is 13.4. The van der Waals surface area contributed by atoms with Crippen molar-refractivity contribution >= 4 is 5.78 Å². The average molecular weight is 198 g/mol. The Kier molecular flexibility index (Phi) is 8.54. The minimum Gasteiger partial charge on any atom is -0.392 e. The molecule has 0 unspecified atom stereocenters. The average Bonchev–Trinajstić information content (AvgIpc) is 2.21. The summed E-state index contributed by atoms with van der Waals surface area (Å²) in [4.78, 5) is 11.4. The van der Waals surface area contributed by atoms with Crippen LogP contribution < -0.4 is 0 Å². The molecule has 0 aliphatic carbocycles. The third-order valence-electron chi connectivity index (χ3n) is 2.48. The molecule has 0 aliphatic rings. The summed E-state index contributed by atoms with van der Waals surface area (Å²) in [6.45, 7) is 4.16. The highest BCUT2D eigenvalue weighted by Gasteiger charge is 2.08. The van der Waals surface area contributed by atoms with Gasteiger partial charge in [0.2, 0.25) is 0 Å². The predicted molar refractivity (Wildman–Crippen MR) is 59.2 cm³/mol. The van der Waals surface area contributed by atoms with Gasteiger partial charge in [0, 0.05) is 12.3 Å². The smallest absolute Gasteiger partial charge is 0.135 e. The summed E-state index contributed by atoms with van der Waals surface area (Å²) in [6.07, 6.45) is 8.35. The number of carbonyl (C=O) groups is 1. The minimum absolute atomic E-state index is 0.117. The fourth-order valence-electron chi connectivity index (χ4n) is 1.23. The molecule has 14 heavy (non-hydrogen) atoms. The standard InChI is InChI=1S/C12H22O2/c1-3-11(2)12(14)9-7-5-4-6-8-10-13/h6,8,11,13H,3-5,7,9-10H2,1-2H3/b8-6+/t11-/m0/s1. The normalized spacial score (nSPS) is 13.4. The number of rotatable bonds is 8. The van der Waals surface area contributed by atoms with E-state index in [9.17, 15) is 4.79 Å². The molecule has 0 aromatic rings. The Morgan fingerprint density at radius 1 is 1.36 bits per heavy atom. The van der Waals surface area contributed by atoms with Crippen LogP contribution in [0.3, 0.4) is 0 Å². The molecule has 0 radical (unpaired) electrons. The fraction of sp³-hybridized carbons (Fsp3) is 0.750. The van der Waals surface area contributed by atoms with E-state index < -0.39 is 0 Å². The fourth-order valence-corrected chi connectivity index (χ4v) is 1.23. The SMILES string of the molecule is CC[C@H](C)C(=O)CCCC/C=C/CO. The molecule has 0 saturated carbocycles. The van der Waals surface area contributed by atoms with Crippen LogP contribution >= 0.6 is 0 Å². The van der Waals surface area contributed by atoms with Gasteiger partial charge in [0.05, 0.1) is 6.61 Å². The number of unbranched alkanes of at least 4 members (excludes halogenated alkanes) is 2. The molecular formula is C12H22O2. The molecule has 0 bridgehead atoms. The van der Waals surface area contributed by atoms with E-state index in [0.717, 1.165) is 25.7 Å². The molecule has 0 fully saturated rings. The van der Waals surface area contributed by atoms with Crippen molar-refractivity contribution in [2.75, 3.05) is 6.61 Å². The molecule has 0 heterocycles. The zero-order valence-electron chi connectivity index (χ0n) is 9.33. The maximum absolute atomic E-state index is 11.4. The Morgan fingerprint density at radius 2 is 2.07 bits per heavy atom. The molecule has 0 aromatic heterocycles. The van der Waals surface area contributed by atoms with E-state index in [0.29, 0.717) is 12.2 Å². The second-order valence-electron chi connectivity index (χ2n) is 3.68. The van der Waals surface area contributed by atoms with Gasteiger partial charge in [-0.05, 0) is 25.7 Å². The highest BCUT2D eigenvalue weighted by molar-refractivity contribution is 5.80. The number of hydrogen-bond donors (Lipinski definition) is 1. The van der Waals surface area contributed by atoms with Crippen LogP contribution in [0.25, 0.3) is 0 Å².